The van der Waals surface area contributed by atoms with Gasteiger partial charge >= 0.3 is 27.1 Å². The summed E-state index contributed by atoms with van der Waals surface area (Å²) < 4.78 is 80.4. The number of nitrogens with two attached hydrogens (primary N) is 2. The van der Waals surface area contributed by atoms with Crippen LogP contribution in [0.5, 0.6) is 0 Å². The number of hydrogen-bond acceptors (Lipinski definition) is 18. The van der Waals surface area contributed by atoms with Crippen molar-refractivity contribution in [1.82, 2.24) is 34.4 Å². The molecule has 24 nitrogen and oxygen atoms in total. The van der Waals surface area contributed by atoms with Gasteiger partial charge in [-0.25, -0.2) is 37.9 Å². The summed E-state index contributed by atoms with van der Waals surface area (Å²) in [5, 5.41) is 25.4. The number of nitrogen functional groups attached to an aromatic ring is 2. The second-order valence-corrected chi connectivity index (χ2v) is 16.6. The fourth-order valence-corrected chi connectivity index (χ4v) is 8.44. The van der Waals surface area contributed by atoms with Crippen LogP contribution in [0, 0.1) is 0 Å². The molecular weight excluding hydrogens is 838 g/mol. The average Bonchev–Trinajstić information content (AvgIpc) is 3.83. The van der Waals surface area contributed by atoms with Crippen molar-refractivity contribution in [3.63, 3.8) is 0 Å². The Labute approximate surface area is 332 Å². The molecule has 0 bridgehead atoms. The summed E-state index contributed by atoms with van der Waals surface area (Å²) in [4.78, 5) is 84.5. The zero-order chi connectivity index (χ0) is 43.2. The number of nitrogens with zero attached hydrogens (tertiary/aromatic N) is 6. The third kappa shape index (κ3) is 11.3. The predicted molar refractivity (Wildman–Crippen MR) is 196 cm³/mol. The monoisotopic (exact) mass is 881 g/mol. The van der Waals surface area contributed by atoms with Crippen LogP contribution in [0.3, 0.4) is 0 Å². The van der Waals surface area contributed by atoms with Gasteiger partial charge in [-0.2, -0.15) is 4.98 Å². The number of anilines is 2. The number of ether oxygens (including phenoxy) is 3. The number of halogens is 2. The Hall–Kier alpha value is -4.33. The van der Waals surface area contributed by atoms with Crippen molar-refractivity contribution >= 4 is 50.1 Å². The van der Waals surface area contributed by atoms with E-state index in [4.69, 9.17) is 30.2 Å². The third-order valence-electron chi connectivity index (χ3n) is 9.25. The number of phosphoric ester groups is 1. The van der Waals surface area contributed by atoms with E-state index in [0.717, 1.165) is 18.6 Å². The number of nitrogens with one attached hydrogen (secondary N) is 1. The number of unbranched alkanes of at least 4 members (excludes halogenated alkanes) is 1. The quantitative estimate of drug-likeness (QED) is 0.0311. The van der Waals surface area contributed by atoms with E-state index >= 15 is 0 Å². The van der Waals surface area contributed by atoms with Crippen molar-refractivity contribution in [2.45, 2.75) is 99.6 Å². The summed E-state index contributed by atoms with van der Waals surface area (Å²) >= 11 is 0. The predicted octanol–water partition coefficient (Wildman–Crippen LogP) is -0.368. The molecule has 10 N–H and O–H groups in total. The van der Waals surface area contributed by atoms with Crippen LogP contribution in [-0.2, 0) is 42.0 Å². The maximum atomic E-state index is 14.0. The van der Waals surface area contributed by atoms with Crippen molar-refractivity contribution in [2.24, 2.45) is 0 Å². The van der Waals surface area contributed by atoms with Gasteiger partial charge in [-0.15, -0.1) is 6.58 Å². The Kier molecular flexibility index (Phi) is 15.0. The number of hydrogen-bond donors (Lipinski definition) is 8. The lowest BCUT2D eigenvalue weighted by molar-refractivity contribution is -0.160. The first-order valence-electron chi connectivity index (χ1n) is 17.8. The van der Waals surface area contributed by atoms with Crippen molar-refractivity contribution in [2.75, 3.05) is 24.7 Å². The van der Waals surface area contributed by atoms with E-state index in [1.165, 1.54) is 17.0 Å². The maximum Gasteiger partial charge on any atom is 0.469 e. The number of alkyl halides is 2. The number of aliphatic hydroxyl groups is 2. The largest absolute Gasteiger partial charge is 0.469 e. The lowest BCUT2D eigenvalue weighted by atomic mass is 10.1. The molecule has 10 atom stereocenters. The van der Waals surface area contributed by atoms with Crippen LogP contribution < -0.4 is 22.5 Å². The molecule has 0 aromatic carbocycles. The van der Waals surface area contributed by atoms with Crippen LogP contribution >= 0.6 is 15.4 Å². The van der Waals surface area contributed by atoms with Gasteiger partial charge in [-0.05, 0) is 25.3 Å². The number of carbonyl (C=O) groups is 2. The van der Waals surface area contributed by atoms with Crippen LogP contribution in [0.2, 0.25) is 0 Å². The maximum absolute atomic E-state index is 14.0. The molecule has 0 saturated carbocycles. The summed E-state index contributed by atoms with van der Waals surface area (Å²) in [7, 11) is -10.5. The number of esters is 1. The molecule has 3 aromatic heterocycles. The van der Waals surface area contributed by atoms with Crippen LogP contribution in [-0.4, -0.2) is 128 Å². The molecular formula is C31H43F2N9O15P2. The molecule has 28 heteroatoms. The van der Waals surface area contributed by atoms with E-state index in [1.807, 2.05) is 0 Å². The molecule has 2 saturated heterocycles. The van der Waals surface area contributed by atoms with E-state index in [9.17, 15) is 57.2 Å². The minimum absolute atomic E-state index is 0.0105. The summed E-state index contributed by atoms with van der Waals surface area (Å²) in [5.41, 5.74) is 8.44. The lowest BCUT2D eigenvalue weighted by Gasteiger charge is -2.27. The minimum atomic E-state index is -5.30. The molecule has 1 amide bonds. The number of aliphatic hydroxyl groups excluding tert-OH is 2. The Morgan fingerprint density at radius 2 is 1.68 bits per heavy atom. The number of amides is 1. The first-order chi connectivity index (χ1) is 27.8. The first-order valence-corrected chi connectivity index (χ1v) is 21.0. The normalized spacial score (nSPS) is 26.2. The molecule has 3 aromatic rings. The zero-order valence-corrected chi connectivity index (χ0v) is 32.6. The third-order valence-corrected chi connectivity index (χ3v) is 11.6. The van der Waals surface area contributed by atoms with Crippen LogP contribution in [0.4, 0.5) is 20.4 Å². The number of aromatic nitrogens is 6. The summed E-state index contributed by atoms with van der Waals surface area (Å²) in [6.07, 6.45) is -10.7. The van der Waals surface area contributed by atoms with E-state index in [2.05, 4.69) is 36.4 Å². The minimum Gasteiger partial charge on any atom is -0.455 e. The zero-order valence-electron chi connectivity index (χ0n) is 30.8. The molecule has 326 valence electrons. The highest BCUT2D eigenvalue weighted by Gasteiger charge is 2.56. The highest BCUT2D eigenvalue weighted by atomic mass is 31.2. The number of phosphoric acid groups is 1. The second-order valence-electron chi connectivity index (χ2n) is 13.4. The Morgan fingerprint density at radius 3 is 2.36 bits per heavy atom. The van der Waals surface area contributed by atoms with Gasteiger partial charge in [0.2, 0.25) is 12.3 Å². The molecule has 59 heavy (non-hydrogen) atoms. The molecule has 0 aliphatic carbocycles. The molecule has 2 fully saturated rings. The van der Waals surface area contributed by atoms with Crippen molar-refractivity contribution in [1.29, 1.82) is 0 Å². The van der Waals surface area contributed by atoms with Crippen molar-refractivity contribution in [3.8, 4) is 0 Å². The van der Waals surface area contributed by atoms with Gasteiger partial charge < -0.3 is 60.4 Å². The SMILES string of the molecule is C=CCCC(=O)N[C@@H](CCCCC(F)F)C(=O)O[C@H]1[C@@H](O)[C@H](n2cnc3c(N)ncnc32)O[C@@H]1COP(=O)(O)[C@H]1[C@@H](O)[C@H](n2ccc(N)nc2=O)O[C@@H]1COP(=O)(O)O. The summed E-state index contributed by atoms with van der Waals surface area (Å²) in [6, 6.07) is -0.265. The van der Waals surface area contributed by atoms with E-state index in [-0.39, 0.29) is 54.9 Å². The molecule has 5 heterocycles. The first kappa shape index (κ1) is 45.7. The number of allylic oxidation sites excluding steroid dienone is 1. The van der Waals surface area contributed by atoms with Gasteiger partial charge in [0.1, 0.15) is 53.8 Å². The second kappa shape index (κ2) is 19.4. The Balaban J connectivity index is 1.43. The van der Waals surface area contributed by atoms with Crippen molar-refractivity contribution in [3.05, 3.63) is 48.1 Å². The van der Waals surface area contributed by atoms with Gasteiger partial charge in [0.15, 0.2) is 30.0 Å². The van der Waals surface area contributed by atoms with E-state index in [1.54, 1.807) is 0 Å². The Bertz CT molecular complexity index is 2130. The molecule has 2 aliphatic rings. The molecule has 1 unspecified atom stereocenters. The Morgan fingerprint density at radius 1 is 1.00 bits per heavy atom. The lowest BCUT2D eigenvalue weighted by Crippen LogP contribution is -2.46. The number of fused-ring (bicyclic) bond motifs is 1. The molecule has 0 spiro atoms. The van der Waals surface area contributed by atoms with Crippen LogP contribution in [0.1, 0.15) is 51.0 Å². The highest BCUT2D eigenvalue weighted by molar-refractivity contribution is 7.53. The smallest absolute Gasteiger partial charge is 0.455 e. The van der Waals surface area contributed by atoms with Crippen LogP contribution in [0.25, 0.3) is 11.2 Å². The topological polar surface area (TPSA) is 358 Å². The van der Waals surface area contributed by atoms with Gasteiger partial charge in [-0.3, -0.25) is 23.0 Å². The fraction of sp³-hybridized carbons (Fsp3) is 0.581. The van der Waals surface area contributed by atoms with E-state index < -0.39 is 114 Å². The molecule has 5 rings (SSSR count). The van der Waals surface area contributed by atoms with Crippen LogP contribution in [0.15, 0.2) is 42.4 Å². The highest BCUT2D eigenvalue weighted by Crippen LogP contribution is 2.56. The molecule has 0 radical (unpaired) electrons. The number of carbonyl (C=O) groups excluding carboxylic acids is 2. The standard InChI is InChI=1S/C31H43F2N9O15P2/c1-2-3-8-20(43)39-15(6-4-5-7-18(32)33)30(46)57-24-16(55-28(22(24)44)42-14-38-21-26(35)36-13-37-27(21)42)11-53-58(48,49)25-17(12-54-59(50,51)52)56-29(23(25)45)41-10-9-19(34)40-31(41)47/h2,9-10,13-18,22-25,28-29,44-45H,1,3-8,11-12H2,(H,39,43)(H,48,49)(H2,34,40,47)(H2,35,36,37)(H2,50,51,52)/t15-,16+,17+,22+,23+,24+,25+,28+,29+/m0/s1. The number of rotatable bonds is 20. The van der Waals surface area contributed by atoms with Gasteiger partial charge in [0.05, 0.1) is 19.5 Å². The van der Waals surface area contributed by atoms with Gasteiger partial charge in [0, 0.05) is 19.0 Å². The average molecular weight is 882 g/mol. The fourth-order valence-electron chi connectivity index (χ4n) is 6.45. The van der Waals surface area contributed by atoms with Gasteiger partial charge in [-0.1, -0.05) is 12.5 Å². The molecule has 2 aliphatic heterocycles. The summed E-state index contributed by atoms with van der Waals surface area (Å²) in [5.74, 6) is -2.00. The van der Waals surface area contributed by atoms with Gasteiger partial charge in [0.25, 0.3) is 0 Å². The number of imidazole rings is 1. The van der Waals surface area contributed by atoms with Crippen molar-refractivity contribution < 1.29 is 75.7 Å². The summed E-state index contributed by atoms with van der Waals surface area (Å²) in [6.45, 7) is 1.44. The van der Waals surface area contributed by atoms with E-state index in [0.29, 0.717) is 4.57 Å².